The van der Waals surface area contributed by atoms with Crippen LogP contribution in [0.5, 0.6) is 0 Å². The van der Waals surface area contributed by atoms with Crippen LogP contribution in [0.4, 0.5) is 0 Å². The first-order valence-electron chi connectivity index (χ1n) is 23.8. The summed E-state index contributed by atoms with van der Waals surface area (Å²) >= 11 is 0. The molecular formula is C63H38O2. The normalized spacial score (nSPS) is 14.9. The van der Waals surface area contributed by atoms with E-state index in [0.29, 0.717) is 6.42 Å². The maximum atomic E-state index is 12.4. The zero-order valence-corrected chi connectivity index (χ0v) is 36.6. The van der Waals surface area contributed by atoms with E-state index in [4.69, 9.17) is 4.74 Å². The minimum atomic E-state index is -0.149. The highest BCUT2D eigenvalue weighted by Gasteiger charge is 2.40. The largest absolute Gasteiger partial charge is 0.469 e. The molecule has 0 saturated carbocycles. The highest BCUT2D eigenvalue weighted by atomic mass is 16.5. The minimum Gasteiger partial charge on any atom is -0.469 e. The van der Waals surface area contributed by atoms with E-state index in [9.17, 15) is 4.79 Å². The van der Waals surface area contributed by atoms with Crippen molar-refractivity contribution >= 4 is 158 Å². The van der Waals surface area contributed by atoms with E-state index in [-0.39, 0.29) is 5.97 Å². The van der Waals surface area contributed by atoms with Gasteiger partial charge in [-0.2, -0.15) is 0 Å². The highest BCUT2D eigenvalue weighted by Crippen LogP contribution is 2.66. The lowest BCUT2D eigenvalue weighted by molar-refractivity contribution is -0.140. The molecule has 0 N–H and O–H groups in total. The lowest BCUT2D eigenvalue weighted by Gasteiger charge is -2.20. The molecule has 3 aliphatic carbocycles. The van der Waals surface area contributed by atoms with E-state index in [1.807, 2.05) is 0 Å². The number of hydrogen-bond donors (Lipinski definition) is 0. The topological polar surface area (TPSA) is 26.3 Å². The zero-order chi connectivity index (χ0) is 42.4. The van der Waals surface area contributed by atoms with Gasteiger partial charge < -0.3 is 4.74 Å². The van der Waals surface area contributed by atoms with Crippen molar-refractivity contribution in [2.24, 2.45) is 0 Å². The number of carbonyl (C=O) groups is 1. The van der Waals surface area contributed by atoms with E-state index in [2.05, 4.69) is 106 Å². The van der Waals surface area contributed by atoms with Crippen LogP contribution in [0.15, 0.2) is 78.9 Å². The Kier molecular flexibility index (Phi) is 5.27. The second kappa shape index (κ2) is 10.3. The number of fused-ring (bicyclic) bond motifs is 8. The van der Waals surface area contributed by atoms with Gasteiger partial charge in [0.15, 0.2) is 0 Å². The molecule has 2 heteroatoms. The van der Waals surface area contributed by atoms with Gasteiger partial charge in [0.25, 0.3) is 0 Å². The number of aryl methyl sites for hydroxylation is 3. The van der Waals surface area contributed by atoms with Crippen molar-refractivity contribution in [2.45, 2.75) is 59.3 Å². The van der Waals surface area contributed by atoms with Gasteiger partial charge in [0, 0.05) is 6.42 Å². The first kappa shape index (κ1) is 33.3. The van der Waals surface area contributed by atoms with Crippen LogP contribution in [0.2, 0.25) is 0 Å². The summed E-state index contributed by atoms with van der Waals surface area (Å²) in [5.41, 5.74) is 17.1. The predicted octanol–water partition coefficient (Wildman–Crippen LogP) is 16.3. The molecule has 15 aromatic rings. The van der Waals surface area contributed by atoms with Crippen LogP contribution < -0.4 is 0 Å². The standard InChI is InChI=1S/C63H38O2/c1-25-13-15-35-38-22-33-19-30-17-32-18-31-20-34-23-39-36-16-14-26(2)37(21-29(11-8-12-42(64)65-4)28-9-6-5-7-10-28)49(36)53-41-24-40-52(43(35)27(25)3)50(38)58-46(33)44(30)56-48(32)57-45(31)47(34)59(51(39)53)61-55(41)54(40)60(58)62(56)63(57)61/h5-7,9-10,13-18,21-23H,8,11-12,19-20,24H2,1-4H3/b29-21+. The average Bonchev–Trinajstić information content (AvgIpc) is 4.17. The fourth-order valence-electron chi connectivity index (χ4n) is 15.6. The number of carbonyl (C=O) groups excluding carboxylic acids is 1. The third kappa shape index (κ3) is 3.30. The lowest BCUT2D eigenvalue weighted by Crippen LogP contribution is -1.99. The van der Waals surface area contributed by atoms with E-state index in [0.717, 1.165) is 32.1 Å². The second-order valence-electron chi connectivity index (χ2n) is 20.7. The number of esters is 1. The van der Waals surface area contributed by atoms with E-state index in [1.54, 1.807) is 64.8 Å². The summed E-state index contributed by atoms with van der Waals surface area (Å²) in [7, 11) is 1.49. The molecular weight excluding hydrogens is 789 g/mol. The van der Waals surface area contributed by atoms with Gasteiger partial charge in [-0.25, -0.2) is 0 Å². The summed E-state index contributed by atoms with van der Waals surface area (Å²) in [4.78, 5) is 12.4. The second-order valence-corrected chi connectivity index (χ2v) is 20.7. The van der Waals surface area contributed by atoms with Crippen molar-refractivity contribution in [2.75, 3.05) is 7.11 Å². The molecule has 3 aliphatic rings. The minimum absolute atomic E-state index is 0.149. The van der Waals surface area contributed by atoms with Gasteiger partial charge >= 0.3 is 5.97 Å². The smallest absolute Gasteiger partial charge is 0.305 e. The van der Waals surface area contributed by atoms with Crippen LogP contribution in [-0.4, -0.2) is 13.1 Å². The number of methoxy groups -OCH3 is 1. The van der Waals surface area contributed by atoms with Crippen LogP contribution in [-0.2, 0) is 28.8 Å². The predicted molar refractivity (Wildman–Crippen MR) is 275 cm³/mol. The maximum absolute atomic E-state index is 12.4. The molecule has 0 spiro atoms. The molecule has 0 unspecified atom stereocenters. The van der Waals surface area contributed by atoms with Crippen molar-refractivity contribution in [1.29, 1.82) is 0 Å². The molecule has 0 bridgehead atoms. The summed E-state index contributed by atoms with van der Waals surface area (Å²) in [6, 6.07) is 31.0. The molecule has 302 valence electrons. The number of benzene rings is 12. The Morgan fingerprint density at radius 3 is 1.60 bits per heavy atom. The van der Waals surface area contributed by atoms with Crippen molar-refractivity contribution < 1.29 is 9.53 Å². The third-order valence-corrected chi connectivity index (χ3v) is 18.0. The average molecular weight is 827 g/mol. The van der Waals surface area contributed by atoms with Crippen molar-refractivity contribution in [3.63, 3.8) is 0 Å². The van der Waals surface area contributed by atoms with Crippen LogP contribution >= 0.6 is 0 Å². The van der Waals surface area contributed by atoms with E-state index >= 15 is 0 Å². The van der Waals surface area contributed by atoms with Gasteiger partial charge in [-0.15, -0.1) is 0 Å². The van der Waals surface area contributed by atoms with Gasteiger partial charge in [0.2, 0.25) is 0 Å². The van der Waals surface area contributed by atoms with Crippen molar-refractivity contribution in [3.05, 3.63) is 140 Å². The summed E-state index contributed by atoms with van der Waals surface area (Å²) < 4.78 is 5.10. The van der Waals surface area contributed by atoms with Crippen molar-refractivity contribution in [1.82, 2.24) is 0 Å². The van der Waals surface area contributed by atoms with Crippen LogP contribution in [0.3, 0.4) is 0 Å². The van der Waals surface area contributed by atoms with E-state index < -0.39 is 0 Å². The van der Waals surface area contributed by atoms with Gasteiger partial charge in [-0.05, 0) is 272 Å². The molecule has 0 heterocycles. The molecule has 0 saturated heterocycles. The Balaban J connectivity index is 1.12. The molecule has 0 amide bonds. The molecule has 2 nitrogen and oxygen atoms in total. The summed E-state index contributed by atoms with van der Waals surface area (Å²) in [6.45, 7) is 7.01. The molecule has 15 aromatic carbocycles. The molecule has 18 rings (SSSR count). The molecule has 0 aliphatic heterocycles. The van der Waals surface area contributed by atoms with E-state index in [1.165, 1.54) is 149 Å². The number of allylic oxidation sites excluding steroid dienone is 1. The molecule has 0 radical (unpaired) electrons. The van der Waals surface area contributed by atoms with Crippen LogP contribution in [0.25, 0.3) is 152 Å². The van der Waals surface area contributed by atoms with Gasteiger partial charge in [-0.1, -0.05) is 72.8 Å². The Bertz CT molecular complexity index is 4810. The van der Waals surface area contributed by atoms with Crippen molar-refractivity contribution in [3.8, 4) is 0 Å². The summed E-state index contributed by atoms with van der Waals surface area (Å²) in [5.74, 6) is -0.149. The van der Waals surface area contributed by atoms with Gasteiger partial charge in [0.1, 0.15) is 0 Å². The summed E-state index contributed by atoms with van der Waals surface area (Å²) in [6.07, 6.45) is 7.37. The maximum Gasteiger partial charge on any atom is 0.305 e. The monoisotopic (exact) mass is 826 g/mol. The fraction of sp³-hybridized carbons (Fsp3) is 0.159. The molecule has 0 fully saturated rings. The Morgan fingerprint density at radius 1 is 0.477 bits per heavy atom. The molecule has 0 aromatic heterocycles. The highest BCUT2D eigenvalue weighted by molar-refractivity contribution is 6.62. The third-order valence-electron chi connectivity index (χ3n) is 18.0. The molecule has 0 atom stereocenters. The number of ether oxygens (including phenoxy) is 1. The van der Waals surface area contributed by atoms with Crippen LogP contribution in [0, 0.1) is 20.8 Å². The summed E-state index contributed by atoms with van der Waals surface area (Å²) in [5, 5.41) is 39.2. The number of rotatable bonds is 6. The number of hydrogen-bond acceptors (Lipinski definition) is 2. The lowest BCUT2D eigenvalue weighted by atomic mass is 9.82. The first-order valence-corrected chi connectivity index (χ1v) is 23.8. The quantitative estimate of drug-likeness (QED) is 0.0722. The van der Waals surface area contributed by atoms with Crippen LogP contribution in [0.1, 0.15) is 80.5 Å². The first-order chi connectivity index (χ1) is 31.9. The fourth-order valence-corrected chi connectivity index (χ4v) is 15.6. The molecule has 65 heavy (non-hydrogen) atoms. The Morgan fingerprint density at radius 2 is 0.985 bits per heavy atom. The Labute approximate surface area is 372 Å². The van der Waals surface area contributed by atoms with Gasteiger partial charge in [0.05, 0.1) is 7.11 Å². The SMILES string of the molecule is COC(=O)CCC/C(=C\c1c(C)ccc2c3cc4c5c6c(cc7cc8c9c%10c(cc%11c%12ccc(C)c(C)c%12c%12c%13c%14c%15c(c(c12)c3c5c%15c1c6c7c9c1c%14c%10c%11%12)C%13)C8)C4)c1ccccc1. The van der Waals surface area contributed by atoms with Gasteiger partial charge in [-0.3, -0.25) is 4.79 Å². The Hall–Kier alpha value is -7.29. The zero-order valence-electron chi connectivity index (χ0n) is 36.6.